The van der Waals surface area contributed by atoms with Crippen molar-refractivity contribution >= 4 is 28.8 Å². The van der Waals surface area contributed by atoms with E-state index in [1.807, 2.05) is 0 Å². The minimum atomic E-state index is -4.65. The number of hydrogen-bond acceptors (Lipinski definition) is 7. The van der Waals surface area contributed by atoms with E-state index in [0.717, 1.165) is 12.1 Å². The van der Waals surface area contributed by atoms with Crippen LogP contribution in [0.3, 0.4) is 0 Å². The highest BCUT2D eigenvalue weighted by molar-refractivity contribution is 6.31. The van der Waals surface area contributed by atoms with Crippen molar-refractivity contribution in [2.24, 2.45) is 0 Å². The summed E-state index contributed by atoms with van der Waals surface area (Å²) in [6.07, 6.45) is -3.33. The summed E-state index contributed by atoms with van der Waals surface area (Å²) in [5.74, 6) is -0.590. The number of carboxylic acids is 1. The molecule has 0 radical (unpaired) electrons. The smallest absolute Gasteiger partial charge is 0.417 e. The zero-order valence-electron chi connectivity index (χ0n) is 17.6. The Hall–Kier alpha value is -3.86. The Balaban J connectivity index is 1.62. The number of rotatable bonds is 6. The number of fused-ring (bicyclic) bond motifs is 1. The topological polar surface area (TPSA) is 108 Å². The molecule has 2 heterocycles. The van der Waals surface area contributed by atoms with Gasteiger partial charge >= 0.3 is 18.2 Å². The van der Waals surface area contributed by atoms with E-state index < -0.39 is 29.3 Å². The number of aromatic nitrogens is 3. The van der Waals surface area contributed by atoms with Crippen molar-refractivity contribution < 1.29 is 37.0 Å². The van der Waals surface area contributed by atoms with Crippen LogP contribution in [0.4, 0.5) is 13.2 Å². The Labute approximate surface area is 194 Å². The van der Waals surface area contributed by atoms with Crippen molar-refractivity contribution in [2.75, 3.05) is 6.61 Å². The zero-order valence-corrected chi connectivity index (χ0v) is 18.4. The standard InChI is InChI=1S/C22H15ClF3N3O5/c1-10-5-12(6-11(2)18(10)32-9-17(30)31)19-28-16-8-27-21(29-20(16)34-19)33-13-3-4-15(23)14(7-13)22(24,25)26/h3-8H,9H2,1-2H3,(H,30,31). The first-order valence-corrected chi connectivity index (χ1v) is 10.0. The molecule has 0 unspecified atom stereocenters. The number of carboxylic acid groups (broad SMARTS) is 1. The summed E-state index contributed by atoms with van der Waals surface area (Å²) in [5.41, 5.74) is 1.26. The van der Waals surface area contributed by atoms with Crippen molar-refractivity contribution in [3.05, 3.63) is 58.2 Å². The summed E-state index contributed by atoms with van der Waals surface area (Å²) in [6, 6.07) is 6.27. The summed E-state index contributed by atoms with van der Waals surface area (Å²) < 4.78 is 55.6. The molecule has 34 heavy (non-hydrogen) atoms. The van der Waals surface area contributed by atoms with Crippen LogP contribution in [-0.2, 0) is 11.0 Å². The van der Waals surface area contributed by atoms with Crippen molar-refractivity contribution in [3.63, 3.8) is 0 Å². The first-order valence-electron chi connectivity index (χ1n) is 9.65. The summed E-state index contributed by atoms with van der Waals surface area (Å²) in [7, 11) is 0. The minimum absolute atomic E-state index is 0.0616. The Morgan fingerprint density at radius 1 is 1.15 bits per heavy atom. The van der Waals surface area contributed by atoms with Gasteiger partial charge in [-0.2, -0.15) is 18.2 Å². The van der Waals surface area contributed by atoms with Crippen LogP contribution in [0, 0.1) is 13.8 Å². The lowest BCUT2D eigenvalue weighted by Crippen LogP contribution is -2.10. The number of nitrogens with zero attached hydrogens (tertiary/aromatic N) is 3. The maximum absolute atomic E-state index is 13.1. The van der Waals surface area contributed by atoms with Gasteiger partial charge in [-0.05, 0) is 55.3 Å². The second-order valence-electron chi connectivity index (χ2n) is 7.23. The number of oxazole rings is 1. The molecule has 0 aliphatic carbocycles. The minimum Gasteiger partial charge on any atom is -0.481 e. The molecule has 0 fully saturated rings. The van der Waals surface area contributed by atoms with E-state index in [4.69, 9.17) is 30.6 Å². The van der Waals surface area contributed by atoms with Gasteiger partial charge in [-0.25, -0.2) is 14.8 Å². The average Bonchev–Trinajstić information content (AvgIpc) is 3.17. The fourth-order valence-electron chi connectivity index (χ4n) is 3.22. The number of carbonyl (C=O) groups is 1. The van der Waals surface area contributed by atoms with Crippen LogP contribution in [0.1, 0.15) is 16.7 Å². The quantitative estimate of drug-likeness (QED) is 0.357. The van der Waals surface area contributed by atoms with Gasteiger partial charge in [0.2, 0.25) is 5.89 Å². The molecule has 2 aromatic heterocycles. The van der Waals surface area contributed by atoms with E-state index >= 15 is 0 Å². The molecule has 2 aromatic carbocycles. The molecule has 4 aromatic rings. The molecule has 0 saturated heterocycles. The zero-order chi connectivity index (χ0) is 24.6. The lowest BCUT2D eigenvalue weighted by atomic mass is 10.1. The summed E-state index contributed by atoms with van der Waals surface area (Å²) in [6.45, 7) is 3.03. The van der Waals surface area contributed by atoms with Gasteiger partial charge in [-0.3, -0.25) is 0 Å². The number of hydrogen-bond donors (Lipinski definition) is 1. The molecule has 0 atom stereocenters. The molecular weight excluding hydrogens is 479 g/mol. The van der Waals surface area contributed by atoms with E-state index in [2.05, 4.69) is 15.0 Å². The second kappa shape index (κ2) is 8.82. The monoisotopic (exact) mass is 493 g/mol. The number of alkyl halides is 3. The lowest BCUT2D eigenvalue weighted by Gasteiger charge is -2.11. The largest absolute Gasteiger partial charge is 0.481 e. The van der Waals surface area contributed by atoms with Crippen LogP contribution in [0.2, 0.25) is 5.02 Å². The van der Waals surface area contributed by atoms with Gasteiger partial charge in [-0.1, -0.05) is 11.6 Å². The number of ether oxygens (including phenoxy) is 2. The molecule has 8 nitrogen and oxygen atoms in total. The van der Waals surface area contributed by atoms with Gasteiger partial charge in [0.15, 0.2) is 6.61 Å². The van der Waals surface area contributed by atoms with E-state index in [1.54, 1.807) is 26.0 Å². The molecule has 0 saturated carbocycles. The van der Waals surface area contributed by atoms with E-state index in [9.17, 15) is 18.0 Å². The molecule has 0 aliphatic heterocycles. The molecular formula is C22H15ClF3N3O5. The van der Waals surface area contributed by atoms with Crippen LogP contribution >= 0.6 is 11.6 Å². The molecule has 4 rings (SSSR count). The number of aryl methyl sites for hydroxylation is 2. The van der Waals surface area contributed by atoms with Crippen molar-refractivity contribution in [1.29, 1.82) is 0 Å². The Morgan fingerprint density at radius 3 is 2.50 bits per heavy atom. The maximum Gasteiger partial charge on any atom is 0.417 e. The first-order chi connectivity index (χ1) is 16.0. The molecule has 0 bridgehead atoms. The Bertz CT molecular complexity index is 1380. The van der Waals surface area contributed by atoms with Crippen molar-refractivity contribution in [2.45, 2.75) is 20.0 Å². The van der Waals surface area contributed by atoms with Crippen molar-refractivity contribution in [3.8, 4) is 29.0 Å². The lowest BCUT2D eigenvalue weighted by molar-refractivity contribution is -0.139. The Kier molecular flexibility index (Phi) is 6.05. The molecule has 12 heteroatoms. The van der Waals surface area contributed by atoms with Gasteiger partial charge in [0.1, 0.15) is 17.0 Å². The molecule has 176 valence electrons. The number of aliphatic carboxylic acids is 1. The highest BCUT2D eigenvalue weighted by Crippen LogP contribution is 2.37. The molecule has 0 spiro atoms. The molecule has 0 amide bonds. The van der Waals surface area contributed by atoms with Crippen LogP contribution < -0.4 is 9.47 Å². The predicted molar refractivity (Wildman–Crippen MR) is 114 cm³/mol. The third kappa shape index (κ3) is 4.88. The predicted octanol–water partition coefficient (Wildman–Crippen LogP) is 5.83. The molecule has 1 N–H and O–H groups in total. The van der Waals surface area contributed by atoms with Crippen LogP contribution in [0.25, 0.3) is 22.7 Å². The number of benzene rings is 2. The maximum atomic E-state index is 13.1. The average molecular weight is 494 g/mol. The normalized spacial score (nSPS) is 11.6. The van der Waals surface area contributed by atoms with E-state index in [1.165, 1.54) is 12.3 Å². The first kappa shape index (κ1) is 23.3. The summed E-state index contributed by atoms with van der Waals surface area (Å²) in [5, 5.41) is 8.36. The van der Waals surface area contributed by atoms with Gasteiger partial charge in [0, 0.05) is 5.56 Å². The van der Waals surface area contributed by atoms with E-state index in [-0.39, 0.29) is 23.4 Å². The molecule has 0 aliphatic rings. The highest BCUT2D eigenvalue weighted by Gasteiger charge is 2.33. The Morgan fingerprint density at radius 2 is 1.85 bits per heavy atom. The fraction of sp³-hybridized carbons (Fsp3) is 0.182. The second-order valence-corrected chi connectivity index (χ2v) is 7.63. The van der Waals surface area contributed by atoms with Crippen molar-refractivity contribution in [1.82, 2.24) is 15.0 Å². The van der Waals surface area contributed by atoms with Crippen LogP contribution in [-0.4, -0.2) is 32.6 Å². The van der Waals surface area contributed by atoms with Gasteiger partial charge < -0.3 is 19.0 Å². The number of halogens is 4. The highest BCUT2D eigenvalue weighted by atomic mass is 35.5. The van der Waals surface area contributed by atoms with Crippen LogP contribution in [0.15, 0.2) is 40.9 Å². The van der Waals surface area contributed by atoms with Gasteiger partial charge in [-0.15, -0.1) is 0 Å². The fourth-order valence-corrected chi connectivity index (χ4v) is 3.44. The summed E-state index contributed by atoms with van der Waals surface area (Å²) >= 11 is 5.62. The third-order valence-electron chi connectivity index (χ3n) is 4.63. The third-order valence-corrected chi connectivity index (χ3v) is 4.96. The van der Waals surface area contributed by atoms with Gasteiger partial charge in [0.25, 0.3) is 5.71 Å². The summed E-state index contributed by atoms with van der Waals surface area (Å²) in [4.78, 5) is 23.1. The van der Waals surface area contributed by atoms with E-state index in [0.29, 0.717) is 28.0 Å². The van der Waals surface area contributed by atoms with Crippen LogP contribution in [0.5, 0.6) is 17.5 Å². The SMILES string of the molecule is Cc1cc(-c2nc3cnc(Oc4ccc(Cl)c(C(F)(F)F)c4)nc3o2)cc(C)c1OCC(=O)O. The van der Waals surface area contributed by atoms with Gasteiger partial charge in [0.05, 0.1) is 16.8 Å².